The normalized spacial score (nSPS) is 10.7. The Morgan fingerprint density at radius 1 is 1.29 bits per heavy atom. The van der Waals surface area contributed by atoms with Crippen LogP contribution in [-0.4, -0.2) is 13.0 Å². The van der Waals surface area contributed by atoms with Gasteiger partial charge < -0.3 is 4.55 Å². The third kappa shape index (κ3) is 6.06. The Bertz CT molecular complexity index is 372. The first-order valence-electron chi connectivity index (χ1n) is 3.63. The summed E-state index contributed by atoms with van der Waals surface area (Å²) in [5.41, 5.74) is 1.95. The zero-order chi connectivity index (χ0) is 9.90. The van der Waals surface area contributed by atoms with Crippen molar-refractivity contribution in [1.82, 2.24) is 0 Å². The first-order valence-corrected chi connectivity index (χ1v) is 6.54. The van der Waals surface area contributed by atoms with E-state index in [0.717, 1.165) is 11.1 Å². The molecule has 0 aliphatic heterocycles. The number of benzene rings is 1. The van der Waals surface area contributed by atoms with Gasteiger partial charge in [-0.3, -0.25) is 0 Å². The maximum Gasteiger partial charge on any atom is 1.00 e. The van der Waals surface area contributed by atoms with Crippen LogP contribution in [0.15, 0.2) is 24.3 Å². The molecule has 14 heavy (non-hydrogen) atoms. The predicted octanol–water partition coefficient (Wildman–Crippen LogP) is -1.31. The van der Waals surface area contributed by atoms with Gasteiger partial charge in [-0.2, -0.15) is 0 Å². The van der Waals surface area contributed by atoms with Gasteiger partial charge in [-0.05, 0) is 23.3 Å². The van der Waals surface area contributed by atoms with Crippen molar-refractivity contribution in [3.05, 3.63) is 35.4 Å². The van der Waals surface area contributed by atoms with Gasteiger partial charge in [0, 0.05) is 5.75 Å². The van der Waals surface area contributed by atoms with Crippen LogP contribution in [0.25, 0.3) is 0 Å². The topological polar surface area (TPSA) is 57.2 Å². The van der Waals surface area contributed by atoms with Gasteiger partial charge in [0.15, 0.2) is 0 Å². The molecule has 0 atom stereocenters. The van der Waals surface area contributed by atoms with Crippen LogP contribution in [0, 0.1) is 6.92 Å². The Hall–Kier alpha value is 0.480. The minimum absolute atomic E-state index is 0. The fourth-order valence-electron chi connectivity index (χ4n) is 0.825. The van der Waals surface area contributed by atoms with E-state index in [0.29, 0.717) is 10.8 Å². The van der Waals surface area contributed by atoms with Gasteiger partial charge in [0.25, 0.3) is 0 Å². The van der Waals surface area contributed by atoms with Gasteiger partial charge in [0.05, 0.1) is 0 Å². The van der Waals surface area contributed by atoms with Crippen LogP contribution in [-0.2, 0) is 14.9 Å². The molecular formula is C8H9NaO3S2. The molecule has 0 radical (unpaired) electrons. The van der Waals surface area contributed by atoms with Gasteiger partial charge in [-0.25, -0.2) is 8.42 Å². The van der Waals surface area contributed by atoms with Crippen LogP contribution in [0.2, 0.25) is 0 Å². The summed E-state index contributed by atoms with van der Waals surface area (Å²) in [6.07, 6.45) is 0. The Balaban J connectivity index is 0.00000169. The predicted molar refractivity (Wildman–Crippen MR) is 52.2 cm³/mol. The number of hydrogen-bond donors (Lipinski definition) is 0. The molecule has 6 heteroatoms. The van der Waals surface area contributed by atoms with E-state index in [4.69, 9.17) is 0 Å². The van der Waals surface area contributed by atoms with Crippen molar-refractivity contribution in [3.63, 3.8) is 0 Å². The second-order valence-corrected chi connectivity index (χ2v) is 5.93. The third-order valence-electron chi connectivity index (χ3n) is 1.49. The second kappa shape index (κ2) is 6.15. The average Bonchev–Trinajstić information content (AvgIpc) is 2.02. The Labute approximate surface area is 110 Å². The van der Waals surface area contributed by atoms with Crippen LogP contribution in [0.5, 0.6) is 0 Å². The molecule has 1 rings (SSSR count). The van der Waals surface area contributed by atoms with Crippen molar-refractivity contribution < 1.29 is 42.5 Å². The number of hydrogen-bond acceptors (Lipinski definition) is 4. The molecule has 0 heterocycles. The SMILES string of the molecule is Cc1ccc(CSS(=O)(=O)[O-])cc1.[Na+]. The smallest absolute Gasteiger partial charge is 0.739 e. The van der Waals surface area contributed by atoms with Crippen molar-refractivity contribution in [2.75, 3.05) is 0 Å². The molecule has 1 aromatic carbocycles. The van der Waals surface area contributed by atoms with Gasteiger partial charge in [-0.1, -0.05) is 29.8 Å². The van der Waals surface area contributed by atoms with Gasteiger partial charge in [-0.15, -0.1) is 0 Å². The summed E-state index contributed by atoms with van der Waals surface area (Å²) in [6.45, 7) is 1.95. The summed E-state index contributed by atoms with van der Waals surface area (Å²) < 4.78 is 30.8. The van der Waals surface area contributed by atoms with Crippen LogP contribution in [0.3, 0.4) is 0 Å². The first kappa shape index (κ1) is 14.5. The minimum atomic E-state index is -4.17. The third-order valence-corrected chi connectivity index (χ3v) is 3.45. The van der Waals surface area contributed by atoms with E-state index in [-0.39, 0.29) is 35.3 Å². The van der Waals surface area contributed by atoms with Crippen molar-refractivity contribution in [2.24, 2.45) is 0 Å². The standard InChI is InChI=1S/C8H10O3S2.Na/c1-7-2-4-8(5-3-7)6-12-13(9,10)11;/h2-5H,6H2,1H3,(H,9,10,11);/q;+1/p-1. The van der Waals surface area contributed by atoms with E-state index >= 15 is 0 Å². The maximum atomic E-state index is 10.3. The zero-order valence-electron chi connectivity index (χ0n) is 8.06. The Morgan fingerprint density at radius 2 is 1.79 bits per heavy atom. The molecule has 0 aliphatic carbocycles. The molecule has 0 saturated carbocycles. The molecule has 0 spiro atoms. The molecular weight excluding hydrogens is 231 g/mol. The summed E-state index contributed by atoms with van der Waals surface area (Å²) in [4.78, 5) is 0. The first-order chi connectivity index (χ1) is 5.97. The monoisotopic (exact) mass is 240 g/mol. The van der Waals surface area contributed by atoms with E-state index in [9.17, 15) is 13.0 Å². The molecule has 0 amide bonds. The fourth-order valence-corrected chi connectivity index (χ4v) is 2.14. The average molecular weight is 240 g/mol. The van der Waals surface area contributed by atoms with Gasteiger partial charge in [0.2, 0.25) is 0 Å². The van der Waals surface area contributed by atoms with E-state index in [2.05, 4.69) is 0 Å². The second-order valence-electron chi connectivity index (χ2n) is 2.66. The molecule has 1 aromatic rings. The maximum absolute atomic E-state index is 10.3. The Morgan fingerprint density at radius 3 is 2.21 bits per heavy atom. The molecule has 0 aromatic heterocycles. The molecule has 0 N–H and O–H groups in total. The summed E-state index contributed by atoms with van der Waals surface area (Å²) in [5, 5.41) is 0. The molecule has 0 aliphatic rings. The largest absolute Gasteiger partial charge is 1.00 e. The summed E-state index contributed by atoms with van der Waals surface area (Å²) in [7, 11) is -3.76. The van der Waals surface area contributed by atoms with Crippen LogP contribution < -0.4 is 29.6 Å². The van der Waals surface area contributed by atoms with Crippen molar-refractivity contribution in [1.29, 1.82) is 0 Å². The van der Waals surface area contributed by atoms with Crippen molar-refractivity contribution >= 4 is 19.9 Å². The van der Waals surface area contributed by atoms with Crippen LogP contribution in [0.4, 0.5) is 0 Å². The molecule has 72 valence electrons. The van der Waals surface area contributed by atoms with E-state index in [1.807, 2.05) is 31.2 Å². The summed E-state index contributed by atoms with van der Waals surface area (Å²) in [6, 6.07) is 7.39. The summed E-state index contributed by atoms with van der Waals surface area (Å²) >= 11 is 0. The zero-order valence-corrected chi connectivity index (χ0v) is 11.7. The number of rotatable bonds is 3. The van der Waals surface area contributed by atoms with E-state index < -0.39 is 9.15 Å². The van der Waals surface area contributed by atoms with E-state index in [1.54, 1.807) is 0 Å². The quantitative estimate of drug-likeness (QED) is 0.374. The molecule has 3 nitrogen and oxygen atoms in total. The molecule has 0 bridgehead atoms. The molecule has 0 unspecified atom stereocenters. The fraction of sp³-hybridized carbons (Fsp3) is 0.250. The van der Waals surface area contributed by atoms with Crippen LogP contribution in [0.1, 0.15) is 11.1 Å². The van der Waals surface area contributed by atoms with Crippen molar-refractivity contribution in [3.8, 4) is 0 Å². The summed E-state index contributed by atoms with van der Waals surface area (Å²) in [5.74, 6) is 0.214. The minimum Gasteiger partial charge on any atom is -0.739 e. The number of aryl methyl sites for hydroxylation is 1. The Kier molecular flexibility index (Phi) is 6.36. The van der Waals surface area contributed by atoms with Crippen molar-refractivity contribution in [2.45, 2.75) is 12.7 Å². The van der Waals surface area contributed by atoms with Gasteiger partial charge in [0.1, 0.15) is 9.15 Å². The molecule has 0 saturated heterocycles. The molecule has 0 fully saturated rings. The van der Waals surface area contributed by atoms with Crippen LogP contribution >= 0.6 is 10.8 Å². The van der Waals surface area contributed by atoms with Gasteiger partial charge >= 0.3 is 29.6 Å². The van der Waals surface area contributed by atoms with E-state index in [1.165, 1.54) is 0 Å².